The standard InChI is InChI=1S/C23H27FN4O2S/c1-4-21(29)28-11-10-27(14-15(28)2)22-17-9-12-31-23(17)26-20(25-22)8-6-16-5-7-18(24)19(13-16)30-3/h4-5,7,9,12-13,15,17,23H,1,6,8,10-11,14H2,2-3H3. The molecule has 0 aliphatic carbocycles. The summed E-state index contributed by atoms with van der Waals surface area (Å²) < 4.78 is 18.8. The van der Waals surface area contributed by atoms with Crippen LogP contribution in [0.5, 0.6) is 5.75 Å². The molecule has 4 rings (SSSR count). The summed E-state index contributed by atoms with van der Waals surface area (Å²) in [5.74, 6) is 1.88. The average Bonchev–Trinajstić information content (AvgIpc) is 3.26. The number of rotatable bonds is 5. The van der Waals surface area contributed by atoms with Crippen LogP contribution in [0, 0.1) is 11.7 Å². The van der Waals surface area contributed by atoms with Crippen LogP contribution in [-0.4, -0.2) is 65.5 Å². The third kappa shape index (κ3) is 4.54. The number of carbonyl (C=O) groups excluding carboxylic acids is 1. The average molecular weight is 443 g/mol. The van der Waals surface area contributed by atoms with Gasteiger partial charge in [0.25, 0.3) is 0 Å². The van der Waals surface area contributed by atoms with E-state index in [0.29, 0.717) is 19.4 Å². The fourth-order valence-corrected chi connectivity index (χ4v) is 5.21. The van der Waals surface area contributed by atoms with Crippen LogP contribution >= 0.6 is 11.8 Å². The number of thioether (sulfide) groups is 1. The number of methoxy groups -OCH3 is 1. The lowest BCUT2D eigenvalue weighted by molar-refractivity contribution is -0.129. The molecule has 1 fully saturated rings. The second kappa shape index (κ2) is 9.26. The summed E-state index contributed by atoms with van der Waals surface area (Å²) in [5, 5.41) is 2.21. The molecule has 0 spiro atoms. The molecule has 31 heavy (non-hydrogen) atoms. The lowest BCUT2D eigenvalue weighted by Gasteiger charge is -2.42. The fraction of sp³-hybridized carbons (Fsp3) is 0.435. The molecular formula is C23H27FN4O2S. The predicted octanol–water partition coefficient (Wildman–Crippen LogP) is 3.50. The van der Waals surface area contributed by atoms with Crippen LogP contribution in [0.3, 0.4) is 0 Å². The zero-order valence-corrected chi connectivity index (χ0v) is 18.6. The van der Waals surface area contributed by atoms with Crippen molar-refractivity contribution in [1.29, 1.82) is 0 Å². The summed E-state index contributed by atoms with van der Waals surface area (Å²) in [6, 6.07) is 5.03. The van der Waals surface area contributed by atoms with Crippen molar-refractivity contribution in [2.75, 3.05) is 26.7 Å². The Bertz CT molecular complexity index is 961. The summed E-state index contributed by atoms with van der Waals surface area (Å²) in [7, 11) is 1.47. The highest BCUT2D eigenvalue weighted by molar-refractivity contribution is 8.03. The quantitative estimate of drug-likeness (QED) is 0.655. The van der Waals surface area contributed by atoms with Crippen molar-refractivity contribution >= 4 is 29.3 Å². The number of piperazine rings is 1. The Morgan fingerprint density at radius 1 is 1.39 bits per heavy atom. The van der Waals surface area contributed by atoms with Crippen molar-refractivity contribution in [1.82, 2.24) is 9.80 Å². The zero-order valence-electron chi connectivity index (χ0n) is 17.8. The first kappa shape index (κ1) is 21.6. The molecule has 3 aliphatic heterocycles. The number of ether oxygens (including phenoxy) is 1. The van der Waals surface area contributed by atoms with Crippen molar-refractivity contribution in [2.45, 2.75) is 31.2 Å². The van der Waals surface area contributed by atoms with Crippen molar-refractivity contribution in [3.63, 3.8) is 0 Å². The van der Waals surface area contributed by atoms with E-state index in [0.717, 1.165) is 30.3 Å². The summed E-state index contributed by atoms with van der Waals surface area (Å²) in [6.07, 6.45) is 4.93. The molecule has 0 saturated carbocycles. The summed E-state index contributed by atoms with van der Waals surface area (Å²) in [5.41, 5.74) is 0.988. The van der Waals surface area contributed by atoms with Gasteiger partial charge in [0.15, 0.2) is 11.6 Å². The molecule has 3 aliphatic rings. The van der Waals surface area contributed by atoms with Gasteiger partial charge in [0.1, 0.15) is 17.0 Å². The van der Waals surface area contributed by atoms with Gasteiger partial charge in [0, 0.05) is 32.1 Å². The lowest BCUT2D eigenvalue weighted by Crippen LogP contribution is -2.57. The highest BCUT2D eigenvalue weighted by Crippen LogP contribution is 2.36. The molecule has 3 heterocycles. The van der Waals surface area contributed by atoms with Gasteiger partial charge in [-0.3, -0.25) is 9.79 Å². The molecule has 0 radical (unpaired) electrons. The van der Waals surface area contributed by atoms with Gasteiger partial charge in [-0.15, -0.1) is 11.8 Å². The smallest absolute Gasteiger partial charge is 0.246 e. The third-order valence-electron chi connectivity index (χ3n) is 5.89. The molecule has 1 aromatic rings. The maximum absolute atomic E-state index is 13.7. The van der Waals surface area contributed by atoms with Crippen LogP contribution in [0.4, 0.5) is 4.39 Å². The Morgan fingerprint density at radius 2 is 2.23 bits per heavy atom. The third-order valence-corrected chi connectivity index (χ3v) is 6.88. The number of hydrogen-bond acceptors (Lipinski definition) is 6. The maximum atomic E-state index is 13.7. The number of aryl methyl sites for hydroxylation is 1. The van der Waals surface area contributed by atoms with Gasteiger partial charge < -0.3 is 14.5 Å². The molecule has 6 nitrogen and oxygen atoms in total. The minimum absolute atomic E-state index is 0.0242. The Balaban J connectivity index is 1.49. The molecule has 164 valence electrons. The van der Waals surface area contributed by atoms with Gasteiger partial charge in [-0.05, 0) is 42.5 Å². The Kier molecular flexibility index (Phi) is 6.46. The second-order valence-electron chi connectivity index (χ2n) is 7.90. The van der Waals surface area contributed by atoms with Gasteiger partial charge in [0.2, 0.25) is 5.91 Å². The number of nitrogens with zero attached hydrogens (tertiary/aromatic N) is 4. The van der Waals surface area contributed by atoms with Crippen LogP contribution in [0.25, 0.3) is 0 Å². The first-order valence-corrected chi connectivity index (χ1v) is 11.4. The highest BCUT2D eigenvalue weighted by Gasteiger charge is 2.37. The number of fused-ring (bicyclic) bond motifs is 1. The molecule has 1 saturated heterocycles. The summed E-state index contributed by atoms with van der Waals surface area (Å²) >= 11 is 1.71. The van der Waals surface area contributed by atoms with Crippen LogP contribution in [0.1, 0.15) is 18.9 Å². The van der Waals surface area contributed by atoms with Gasteiger partial charge in [-0.25, -0.2) is 9.38 Å². The highest BCUT2D eigenvalue weighted by atomic mass is 32.2. The van der Waals surface area contributed by atoms with E-state index in [1.165, 1.54) is 19.3 Å². The van der Waals surface area contributed by atoms with E-state index in [2.05, 4.69) is 29.9 Å². The molecule has 8 heteroatoms. The van der Waals surface area contributed by atoms with E-state index < -0.39 is 0 Å². The van der Waals surface area contributed by atoms with Crippen molar-refractivity contribution in [3.8, 4) is 5.75 Å². The van der Waals surface area contributed by atoms with Crippen molar-refractivity contribution in [3.05, 3.63) is 53.7 Å². The van der Waals surface area contributed by atoms with Crippen LogP contribution in [0.15, 0.2) is 52.3 Å². The molecule has 0 N–H and O–H groups in total. The monoisotopic (exact) mass is 442 g/mol. The Labute approximate surface area is 186 Å². The lowest BCUT2D eigenvalue weighted by atomic mass is 10.0. The van der Waals surface area contributed by atoms with Gasteiger partial charge in [-0.2, -0.15) is 0 Å². The number of hydrogen-bond donors (Lipinski definition) is 0. The minimum atomic E-state index is -0.360. The van der Waals surface area contributed by atoms with Gasteiger partial charge in [-0.1, -0.05) is 18.7 Å². The minimum Gasteiger partial charge on any atom is -0.494 e. The number of benzene rings is 1. The molecular weight excluding hydrogens is 415 g/mol. The number of halogens is 1. The predicted molar refractivity (Wildman–Crippen MR) is 123 cm³/mol. The number of carbonyl (C=O) groups is 1. The molecule has 0 bridgehead atoms. The summed E-state index contributed by atoms with van der Waals surface area (Å²) in [4.78, 5) is 26.0. The topological polar surface area (TPSA) is 57.5 Å². The van der Waals surface area contributed by atoms with E-state index in [1.54, 1.807) is 23.9 Å². The molecule has 1 aromatic carbocycles. The normalized spacial score (nSPS) is 25.1. The largest absolute Gasteiger partial charge is 0.494 e. The van der Waals surface area contributed by atoms with Gasteiger partial charge in [0.05, 0.1) is 13.0 Å². The number of amides is 1. The van der Waals surface area contributed by atoms with E-state index in [-0.39, 0.29) is 34.8 Å². The first-order chi connectivity index (χ1) is 15.0. The zero-order chi connectivity index (χ0) is 22.0. The molecule has 3 atom stereocenters. The van der Waals surface area contributed by atoms with Crippen LogP contribution in [0.2, 0.25) is 0 Å². The van der Waals surface area contributed by atoms with E-state index in [1.807, 2.05) is 4.90 Å². The number of amidine groups is 2. The molecule has 1 amide bonds. The second-order valence-corrected chi connectivity index (χ2v) is 8.92. The van der Waals surface area contributed by atoms with E-state index in [9.17, 15) is 9.18 Å². The van der Waals surface area contributed by atoms with Gasteiger partial charge >= 0.3 is 0 Å². The SMILES string of the molecule is C=CC(=O)N1CCN(C2=NC(CCc3ccc(F)c(OC)c3)=NC3SC=CC23)CC1C. The first-order valence-electron chi connectivity index (χ1n) is 10.5. The fourth-order valence-electron chi connectivity index (χ4n) is 4.23. The number of aliphatic imine (C=N–C) groups is 2. The van der Waals surface area contributed by atoms with Crippen molar-refractivity contribution in [2.24, 2.45) is 15.9 Å². The van der Waals surface area contributed by atoms with Crippen LogP contribution in [-0.2, 0) is 11.2 Å². The summed E-state index contributed by atoms with van der Waals surface area (Å²) in [6.45, 7) is 7.80. The molecule has 3 unspecified atom stereocenters. The maximum Gasteiger partial charge on any atom is 0.246 e. The van der Waals surface area contributed by atoms with E-state index >= 15 is 0 Å². The van der Waals surface area contributed by atoms with E-state index in [4.69, 9.17) is 14.7 Å². The Morgan fingerprint density at radius 3 is 2.97 bits per heavy atom. The molecule has 0 aromatic heterocycles. The Hall–Kier alpha value is -2.61. The van der Waals surface area contributed by atoms with Crippen LogP contribution < -0.4 is 4.74 Å². The van der Waals surface area contributed by atoms with Crippen molar-refractivity contribution < 1.29 is 13.9 Å².